The number of hydrogen-bond donors (Lipinski definition) is 1. The number of amides is 1. The first-order chi connectivity index (χ1) is 10.3. The molecule has 1 fully saturated rings. The molecule has 6 nitrogen and oxygen atoms in total. The number of carbonyl (C=O) groups is 1. The third kappa shape index (κ3) is 4.42. The predicted molar refractivity (Wildman–Crippen MR) is 81.3 cm³/mol. The van der Waals surface area contributed by atoms with Crippen molar-refractivity contribution in [3.05, 3.63) is 30.1 Å². The molecule has 1 saturated heterocycles. The highest BCUT2D eigenvalue weighted by atomic mass is 16.6. The topological polar surface area (TPSA) is 71.9 Å². The summed E-state index contributed by atoms with van der Waals surface area (Å²) < 4.78 is 11.2. The summed E-state index contributed by atoms with van der Waals surface area (Å²) in [5.41, 5.74) is -0.0148. The van der Waals surface area contributed by atoms with Crippen LogP contribution < -0.4 is 0 Å². The van der Waals surface area contributed by atoms with Crippen molar-refractivity contribution in [1.29, 1.82) is 0 Å². The number of aliphatic hydroxyl groups is 1. The first-order valence-electron chi connectivity index (χ1n) is 7.48. The molecule has 0 saturated carbocycles. The quantitative estimate of drug-likeness (QED) is 0.906. The summed E-state index contributed by atoms with van der Waals surface area (Å²) in [4.78, 5) is 17.9. The third-order valence-electron chi connectivity index (χ3n) is 3.28. The lowest BCUT2D eigenvalue weighted by molar-refractivity contribution is -0.125. The monoisotopic (exact) mass is 308 g/mol. The summed E-state index contributed by atoms with van der Waals surface area (Å²) in [6.07, 6.45) is -0.346. The van der Waals surface area contributed by atoms with Gasteiger partial charge >= 0.3 is 6.09 Å². The van der Waals surface area contributed by atoms with E-state index in [9.17, 15) is 9.90 Å². The lowest BCUT2D eigenvalue weighted by atomic mass is 10.1. The smallest absolute Gasteiger partial charge is 0.410 e. The zero-order chi connectivity index (χ0) is 16.3. The molecule has 0 aliphatic carbocycles. The highest BCUT2D eigenvalue weighted by molar-refractivity contribution is 5.68. The van der Waals surface area contributed by atoms with E-state index in [-0.39, 0.29) is 18.7 Å². The van der Waals surface area contributed by atoms with Gasteiger partial charge < -0.3 is 19.5 Å². The Balaban J connectivity index is 2.06. The number of rotatable bonds is 2. The molecule has 122 valence electrons. The standard InChI is InChI=1S/C16H24N2O4/c1-11-9-18(15(20)22-16(2,3)4)10-13(21-11)14(19)12-7-5-6-8-17-12/h5-8,11,13-14,19H,9-10H2,1-4H3/t11?,13?,14-/m0/s1. The molecular formula is C16H24N2O4. The van der Waals surface area contributed by atoms with Crippen LogP contribution in [0.3, 0.4) is 0 Å². The van der Waals surface area contributed by atoms with Crippen LogP contribution >= 0.6 is 0 Å². The Hall–Kier alpha value is -1.66. The number of pyridine rings is 1. The fraction of sp³-hybridized carbons (Fsp3) is 0.625. The number of aromatic nitrogens is 1. The number of hydrogen-bond acceptors (Lipinski definition) is 5. The minimum Gasteiger partial charge on any atom is -0.444 e. The molecule has 1 N–H and O–H groups in total. The number of nitrogens with zero attached hydrogens (tertiary/aromatic N) is 2. The number of aliphatic hydroxyl groups excluding tert-OH is 1. The number of carbonyl (C=O) groups excluding carboxylic acids is 1. The molecular weight excluding hydrogens is 284 g/mol. The van der Waals surface area contributed by atoms with Crippen LogP contribution in [0.2, 0.25) is 0 Å². The maximum absolute atomic E-state index is 12.2. The zero-order valence-electron chi connectivity index (χ0n) is 13.5. The summed E-state index contributed by atoms with van der Waals surface area (Å²) in [6, 6.07) is 5.34. The molecule has 1 amide bonds. The Morgan fingerprint density at radius 2 is 2.18 bits per heavy atom. The molecule has 2 rings (SSSR count). The molecule has 0 radical (unpaired) electrons. The summed E-state index contributed by atoms with van der Waals surface area (Å²) in [5, 5.41) is 10.4. The van der Waals surface area contributed by atoms with E-state index in [0.717, 1.165) is 0 Å². The highest BCUT2D eigenvalue weighted by Gasteiger charge is 2.35. The van der Waals surface area contributed by atoms with Crippen molar-refractivity contribution in [3.63, 3.8) is 0 Å². The van der Waals surface area contributed by atoms with Gasteiger partial charge in [0.2, 0.25) is 0 Å². The molecule has 0 spiro atoms. The summed E-state index contributed by atoms with van der Waals surface area (Å²) >= 11 is 0. The number of morpholine rings is 1. The molecule has 2 unspecified atom stereocenters. The van der Waals surface area contributed by atoms with Crippen LogP contribution in [0.1, 0.15) is 39.5 Å². The Labute approximate surface area is 131 Å². The van der Waals surface area contributed by atoms with Gasteiger partial charge in [-0.2, -0.15) is 0 Å². The molecule has 0 aromatic carbocycles. The Morgan fingerprint density at radius 3 is 2.77 bits per heavy atom. The van der Waals surface area contributed by atoms with Gasteiger partial charge in [-0.1, -0.05) is 6.07 Å². The van der Waals surface area contributed by atoms with E-state index >= 15 is 0 Å². The fourth-order valence-corrected chi connectivity index (χ4v) is 2.38. The van der Waals surface area contributed by atoms with Crippen molar-refractivity contribution in [1.82, 2.24) is 9.88 Å². The first-order valence-corrected chi connectivity index (χ1v) is 7.48. The molecule has 3 atom stereocenters. The van der Waals surface area contributed by atoms with E-state index in [4.69, 9.17) is 9.47 Å². The fourth-order valence-electron chi connectivity index (χ4n) is 2.38. The molecule has 1 aliphatic rings. The van der Waals surface area contributed by atoms with Gasteiger partial charge in [0.15, 0.2) is 0 Å². The second-order valence-electron chi connectivity index (χ2n) is 6.57. The van der Waals surface area contributed by atoms with Gasteiger partial charge in [0, 0.05) is 6.20 Å². The largest absolute Gasteiger partial charge is 0.444 e. The SMILES string of the molecule is CC1CN(C(=O)OC(C)(C)C)CC([C@@H](O)c2ccccn2)O1. The van der Waals surface area contributed by atoms with Crippen molar-refractivity contribution in [3.8, 4) is 0 Å². The zero-order valence-corrected chi connectivity index (χ0v) is 13.5. The maximum Gasteiger partial charge on any atom is 0.410 e. The molecule has 2 heterocycles. The Kier molecular flexibility index (Phi) is 5.03. The van der Waals surface area contributed by atoms with Gasteiger partial charge in [-0.25, -0.2) is 4.79 Å². The van der Waals surface area contributed by atoms with E-state index in [1.807, 2.05) is 33.8 Å². The van der Waals surface area contributed by atoms with Gasteiger partial charge in [0.25, 0.3) is 0 Å². The Bertz CT molecular complexity index is 501. The maximum atomic E-state index is 12.2. The lowest BCUT2D eigenvalue weighted by Crippen LogP contribution is -2.52. The van der Waals surface area contributed by atoms with E-state index in [0.29, 0.717) is 12.2 Å². The van der Waals surface area contributed by atoms with E-state index < -0.39 is 17.8 Å². The molecule has 22 heavy (non-hydrogen) atoms. The van der Waals surface area contributed by atoms with Crippen molar-refractivity contribution in [2.24, 2.45) is 0 Å². The van der Waals surface area contributed by atoms with Crippen molar-refractivity contribution >= 4 is 6.09 Å². The van der Waals surface area contributed by atoms with E-state index in [1.54, 1.807) is 23.2 Å². The van der Waals surface area contributed by atoms with Crippen LogP contribution in [-0.4, -0.2) is 52.0 Å². The van der Waals surface area contributed by atoms with Crippen LogP contribution in [0.4, 0.5) is 4.79 Å². The first kappa shape index (κ1) is 16.7. The van der Waals surface area contributed by atoms with Gasteiger partial charge in [0.05, 0.1) is 24.9 Å². The average Bonchev–Trinajstić information content (AvgIpc) is 2.45. The second kappa shape index (κ2) is 6.62. The Morgan fingerprint density at radius 1 is 1.45 bits per heavy atom. The van der Waals surface area contributed by atoms with Crippen LogP contribution in [0.15, 0.2) is 24.4 Å². The number of ether oxygens (including phenoxy) is 2. The van der Waals surface area contributed by atoms with Crippen molar-refractivity contribution in [2.45, 2.75) is 51.6 Å². The minimum atomic E-state index is -0.881. The van der Waals surface area contributed by atoms with Crippen LogP contribution in [-0.2, 0) is 9.47 Å². The van der Waals surface area contributed by atoms with Crippen LogP contribution in [0, 0.1) is 0 Å². The second-order valence-corrected chi connectivity index (χ2v) is 6.57. The van der Waals surface area contributed by atoms with Gasteiger partial charge in [-0.3, -0.25) is 4.98 Å². The minimum absolute atomic E-state index is 0.176. The predicted octanol–water partition coefficient (Wildman–Crippen LogP) is 2.14. The lowest BCUT2D eigenvalue weighted by Gasteiger charge is -2.38. The van der Waals surface area contributed by atoms with Crippen LogP contribution in [0.25, 0.3) is 0 Å². The van der Waals surface area contributed by atoms with E-state index in [2.05, 4.69) is 4.98 Å². The third-order valence-corrected chi connectivity index (χ3v) is 3.28. The summed E-state index contributed by atoms with van der Waals surface area (Å²) in [7, 11) is 0. The van der Waals surface area contributed by atoms with E-state index in [1.165, 1.54) is 0 Å². The molecule has 1 aliphatic heterocycles. The normalized spacial score (nSPS) is 24.0. The van der Waals surface area contributed by atoms with Crippen molar-refractivity contribution in [2.75, 3.05) is 13.1 Å². The van der Waals surface area contributed by atoms with Crippen LogP contribution in [0.5, 0.6) is 0 Å². The molecule has 1 aromatic heterocycles. The summed E-state index contributed by atoms with van der Waals surface area (Å²) in [6.45, 7) is 8.07. The highest BCUT2D eigenvalue weighted by Crippen LogP contribution is 2.24. The summed E-state index contributed by atoms with van der Waals surface area (Å²) in [5.74, 6) is 0. The van der Waals surface area contributed by atoms with Crippen molar-refractivity contribution < 1.29 is 19.4 Å². The molecule has 0 bridgehead atoms. The molecule has 6 heteroatoms. The average molecular weight is 308 g/mol. The molecule has 1 aromatic rings. The van der Waals surface area contributed by atoms with Gasteiger partial charge in [-0.15, -0.1) is 0 Å². The van der Waals surface area contributed by atoms with Gasteiger partial charge in [0.1, 0.15) is 17.8 Å². The van der Waals surface area contributed by atoms with Gasteiger partial charge in [-0.05, 0) is 39.8 Å².